The van der Waals surface area contributed by atoms with Gasteiger partial charge in [-0.1, -0.05) is 29.8 Å². The zero-order valence-electron chi connectivity index (χ0n) is 13.5. The van der Waals surface area contributed by atoms with Crippen LogP contribution in [0.15, 0.2) is 48.5 Å². The molecule has 2 rings (SSSR count). The Balaban J connectivity index is 1.97. The van der Waals surface area contributed by atoms with E-state index in [1.807, 2.05) is 55.5 Å². The predicted molar refractivity (Wildman–Crippen MR) is 92.2 cm³/mol. The Morgan fingerprint density at radius 1 is 1.00 bits per heavy atom. The Morgan fingerprint density at radius 2 is 1.70 bits per heavy atom. The minimum atomic E-state index is -0.195. The highest BCUT2D eigenvalue weighted by Gasteiger charge is 2.07. The fraction of sp³-hybridized carbons (Fsp3) is 0.278. The minimum Gasteiger partial charge on any atom is -0.382 e. The van der Waals surface area contributed by atoms with E-state index < -0.39 is 0 Å². The average molecular weight is 314 g/mol. The highest BCUT2D eigenvalue weighted by Crippen LogP contribution is 2.25. The van der Waals surface area contributed by atoms with Gasteiger partial charge in [-0.05, 0) is 31.2 Å². The van der Waals surface area contributed by atoms with Crippen molar-refractivity contribution in [3.63, 3.8) is 0 Å². The van der Waals surface area contributed by atoms with E-state index in [0.717, 1.165) is 11.4 Å². The standard InChI is InChI=1S/C18H22N2O3/c1-14-7-9-15(10-8-14)19-16-5-3-4-6-17(16)20-18(21)13-23-12-11-22-2/h3-10,19H,11-13H2,1-2H3,(H,20,21). The van der Waals surface area contributed by atoms with E-state index in [0.29, 0.717) is 18.9 Å². The molecule has 0 atom stereocenters. The van der Waals surface area contributed by atoms with Gasteiger partial charge >= 0.3 is 0 Å². The topological polar surface area (TPSA) is 59.6 Å². The van der Waals surface area contributed by atoms with Gasteiger partial charge in [-0.25, -0.2) is 0 Å². The fourth-order valence-electron chi connectivity index (χ4n) is 1.99. The average Bonchev–Trinajstić information content (AvgIpc) is 2.55. The molecular formula is C18H22N2O3. The van der Waals surface area contributed by atoms with Gasteiger partial charge in [-0.3, -0.25) is 4.79 Å². The first-order chi connectivity index (χ1) is 11.2. The molecule has 2 aromatic rings. The van der Waals surface area contributed by atoms with E-state index in [1.54, 1.807) is 7.11 Å². The fourth-order valence-corrected chi connectivity index (χ4v) is 1.99. The Morgan fingerprint density at radius 3 is 2.39 bits per heavy atom. The summed E-state index contributed by atoms with van der Waals surface area (Å²) < 4.78 is 10.1. The zero-order valence-corrected chi connectivity index (χ0v) is 13.5. The Hall–Kier alpha value is -2.37. The van der Waals surface area contributed by atoms with Gasteiger partial charge in [-0.15, -0.1) is 0 Å². The molecule has 0 saturated heterocycles. The van der Waals surface area contributed by atoms with Crippen molar-refractivity contribution in [2.24, 2.45) is 0 Å². The molecule has 0 saturated carbocycles. The number of methoxy groups -OCH3 is 1. The smallest absolute Gasteiger partial charge is 0.250 e. The summed E-state index contributed by atoms with van der Waals surface area (Å²) in [6.07, 6.45) is 0. The Bertz CT molecular complexity index is 626. The maximum atomic E-state index is 11.9. The number of anilines is 3. The lowest BCUT2D eigenvalue weighted by atomic mass is 10.2. The quantitative estimate of drug-likeness (QED) is 0.734. The number of rotatable bonds is 8. The second-order valence-corrected chi connectivity index (χ2v) is 5.13. The number of ether oxygens (including phenoxy) is 2. The summed E-state index contributed by atoms with van der Waals surface area (Å²) in [6, 6.07) is 15.6. The first-order valence-electron chi connectivity index (χ1n) is 7.48. The molecule has 0 aliphatic carbocycles. The van der Waals surface area contributed by atoms with Gasteiger partial charge in [0, 0.05) is 12.8 Å². The second-order valence-electron chi connectivity index (χ2n) is 5.13. The molecule has 0 bridgehead atoms. The van der Waals surface area contributed by atoms with Crippen molar-refractivity contribution < 1.29 is 14.3 Å². The number of carbonyl (C=O) groups is 1. The maximum Gasteiger partial charge on any atom is 0.250 e. The Labute approximate surface area is 136 Å². The van der Waals surface area contributed by atoms with Crippen LogP contribution < -0.4 is 10.6 Å². The number of para-hydroxylation sites is 2. The molecule has 23 heavy (non-hydrogen) atoms. The molecule has 0 heterocycles. The van der Waals surface area contributed by atoms with Crippen LogP contribution in [0.3, 0.4) is 0 Å². The lowest BCUT2D eigenvalue weighted by Gasteiger charge is -2.13. The van der Waals surface area contributed by atoms with Crippen molar-refractivity contribution in [3.8, 4) is 0 Å². The van der Waals surface area contributed by atoms with Gasteiger partial charge in [-0.2, -0.15) is 0 Å². The summed E-state index contributed by atoms with van der Waals surface area (Å²) in [7, 11) is 1.59. The number of carbonyl (C=O) groups excluding carboxylic acids is 1. The van der Waals surface area contributed by atoms with Crippen molar-refractivity contribution in [3.05, 3.63) is 54.1 Å². The molecule has 0 fully saturated rings. The molecule has 0 aliphatic heterocycles. The number of amides is 1. The lowest BCUT2D eigenvalue weighted by molar-refractivity contribution is -0.121. The SMILES string of the molecule is COCCOCC(=O)Nc1ccccc1Nc1ccc(C)cc1. The van der Waals surface area contributed by atoms with Crippen molar-refractivity contribution >= 4 is 23.0 Å². The third-order valence-corrected chi connectivity index (χ3v) is 3.20. The van der Waals surface area contributed by atoms with E-state index in [4.69, 9.17) is 9.47 Å². The van der Waals surface area contributed by atoms with Gasteiger partial charge in [0.1, 0.15) is 6.61 Å². The molecule has 0 unspecified atom stereocenters. The molecular weight excluding hydrogens is 292 g/mol. The first kappa shape index (κ1) is 17.0. The van der Waals surface area contributed by atoms with Gasteiger partial charge in [0.25, 0.3) is 0 Å². The lowest BCUT2D eigenvalue weighted by Crippen LogP contribution is -2.20. The molecule has 0 aliphatic rings. The molecule has 5 heteroatoms. The highest BCUT2D eigenvalue weighted by atomic mass is 16.5. The molecule has 0 spiro atoms. The molecule has 0 aromatic heterocycles. The summed E-state index contributed by atoms with van der Waals surface area (Å²) >= 11 is 0. The Kier molecular flexibility index (Phi) is 6.59. The number of hydrogen-bond donors (Lipinski definition) is 2. The normalized spacial score (nSPS) is 10.3. The predicted octanol–water partition coefficient (Wildman–Crippen LogP) is 3.34. The van der Waals surface area contributed by atoms with Crippen LogP contribution in [-0.2, 0) is 14.3 Å². The largest absolute Gasteiger partial charge is 0.382 e. The summed E-state index contributed by atoms with van der Waals surface area (Å²) in [5, 5.41) is 6.16. The van der Waals surface area contributed by atoms with Crippen LogP contribution in [0.2, 0.25) is 0 Å². The first-order valence-corrected chi connectivity index (χ1v) is 7.48. The molecule has 122 valence electrons. The third-order valence-electron chi connectivity index (χ3n) is 3.20. The molecule has 5 nitrogen and oxygen atoms in total. The van der Waals surface area contributed by atoms with Crippen LogP contribution in [-0.4, -0.2) is 32.8 Å². The number of nitrogens with one attached hydrogen (secondary N) is 2. The summed E-state index contributed by atoms with van der Waals surface area (Å²) in [5.41, 5.74) is 3.72. The molecule has 2 aromatic carbocycles. The van der Waals surface area contributed by atoms with Gasteiger partial charge < -0.3 is 20.1 Å². The van der Waals surface area contributed by atoms with E-state index in [9.17, 15) is 4.79 Å². The second kappa shape index (κ2) is 8.92. The maximum absolute atomic E-state index is 11.9. The minimum absolute atomic E-state index is 0.00221. The van der Waals surface area contributed by atoms with Crippen molar-refractivity contribution in [2.75, 3.05) is 37.6 Å². The van der Waals surface area contributed by atoms with Crippen LogP contribution in [0.4, 0.5) is 17.1 Å². The number of aryl methyl sites for hydroxylation is 1. The van der Waals surface area contributed by atoms with E-state index >= 15 is 0 Å². The van der Waals surface area contributed by atoms with Gasteiger partial charge in [0.15, 0.2) is 0 Å². The van der Waals surface area contributed by atoms with Crippen molar-refractivity contribution in [1.82, 2.24) is 0 Å². The summed E-state index contributed by atoms with van der Waals surface area (Å²) in [4.78, 5) is 11.9. The van der Waals surface area contributed by atoms with E-state index in [-0.39, 0.29) is 12.5 Å². The van der Waals surface area contributed by atoms with Crippen molar-refractivity contribution in [2.45, 2.75) is 6.92 Å². The third kappa shape index (κ3) is 5.73. The van der Waals surface area contributed by atoms with Crippen LogP contribution in [0, 0.1) is 6.92 Å². The molecule has 0 radical (unpaired) electrons. The number of hydrogen-bond acceptors (Lipinski definition) is 4. The van der Waals surface area contributed by atoms with Crippen LogP contribution >= 0.6 is 0 Å². The summed E-state index contributed by atoms with van der Waals surface area (Å²) in [6.45, 7) is 2.91. The van der Waals surface area contributed by atoms with E-state index in [1.165, 1.54) is 5.56 Å². The van der Waals surface area contributed by atoms with Crippen LogP contribution in [0.1, 0.15) is 5.56 Å². The molecule has 1 amide bonds. The van der Waals surface area contributed by atoms with Crippen LogP contribution in [0.25, 0.3) is 0 Å². The molecule has 2 N–H and O–H groups in total. The summed E-state index contributed by atoms with van der Waals surface area (Å²) in [5.74, 6) is -0.195. The highest BCUT2D eigenvalue weighted by molar-refractivity contribution is 5.95. The monoisotopic (exact) mass is 314 g/mol. The van der Waals surface area contributed by atoms with Crippen LogP contribution in [0.5, 0.6) is 0 Å². The van der Waals surface area contributed by atoms with E-state index in [2.05, 4.69) is 10.6 Å². The number of benzene rings is 2. The van der Waals surface area contributed by atoms with Gasteiger partial charge in [0.2, 0.25) is 5.91 Å². The zero-order chi connectivity index (χ0) is 16.5. The van der Waals surface area contributed by atoms with Gasteiger partial charge in [0.05, 0.1) is 24.6 Å². The van der Waals surface area contributed by atoms with Crippen molar-refractivity contribution in [1.29, 1.82) is 0 Å².